The predicted octanol–water partition coefficient (Wildman–Crippen LogP) is 3.62. The number of benzene rings is 1. The molecular formula is C18H21ClN4O3S. The molecule has 1 aliphatic rings. The first-order chi connectivity index (χ1) is 12.9. The van der Waals surface area contributed by atoms with Crippen LogP contribution < -0.4 is 10.6 Å². The Morgan fingerprint density at radius 2 is 1.89 bits per heavy atom. The number of nitrogens with one attached hydrogen (secondary N) is 2. The Bertz CT molecular complexity index is 801. The van der Waals surface area contributed by atoms with E-state index in [4.69, 9.17) is 16.3 Å². The van der Waals surface area contributed by atoms with Gasteiger partial charge in [0.05, 0.1) is 24.3 Å². The van der Waals surface area contributed by atoms with E-state index in [0.717, 1.165) is 0 Å². The highest BCUT2D eigenvalue weighted by atomic mass is 35.5. The zero-order valence-corrected chi connectivity index (χ0v) is 16.6. The van der Waals surface area contributed by atoms with Crippen LogP contribution in [0.15, 0.2) is 29.6 Å². The van der Waals surface area contributed by atoms with E-state index in [-0.39, 0.29) is 24.5 Å². The fourth-order valence-corrected chi connectivity index (χ4v) is 3.72. The minimum Gasteiger partial charge on any atom is -0.372 e. The molecule has 27 heavy (non-hydrogen) atoms. The third-order valence-electron chi connectivity index (χ3n) is 3.98. The number of halogens is 1. The molecule has 3 amide bonds. The van der Waals surface area contributed by atoms with E-state index in [9.17, 15) is 9.59 Å². The lowest BCUT2D eigenvalue weighted by Gasteiger charge is -2.35. The number of morpholine rings is 1. The molecule has 0 spiro atoms. The molecule has 2 aromatic rings. The van der Waals surface area contributed by atoms with Gasteiger partial charge in [-0.3, -0.25) is 10.1 Å². The van der Waals surface area contributed by atoms with Crippen molar-refractivity contribution in [3.8, 4) is 0 Å². The van der Waals surface area contributed by atoms with E-state index in [1.807, 2.05) is 13.8 Å². The molecule has 3 rings (SSSR count). The van der Waals surface area contributed by atoms with Crippen molar-refractivity contribution in [1.29, 1.82) is 0 Å². The van der Waals surface area contributed by atoms with E-state index >= 15 is 0 Å². The number of carbonyl (C=O) groups is 2. The number of hydrogen-bond donors (Lipinski definition) is 2. The van der Waals surface area contributed by atoms with E-state index in [0.29, 0.717) is 34.6 Å². The summed E-state index contributed by atoms with van der Waals surface area (Å²) in [6, 6.07) is 6.39. The lowest BCUT2D eigenvalue weighted by Crippen LogP contribution is -2.48. The van der Waals surface area contributed by atoms with Gasteiger partial charge < -0.3 is 15.0 Å². The number of amides is 3. The monoisotopic (exact) mass is 408 g/mol. The number of anilines is 2. The Kier molecular flexibility index (Phi) is 6.30. The van der Waals surface area contributed by atoms with Crippen LogP contribution in [0.3, 0.4) is 0 Å². The minimum absolute atomic E-state index is 0.0134. The van der Waals surface area contributed by atoms with Crippen LogP contribution in [0.4, 0.5) is 15.6 Å². The van der Waals surface area contributed by atoms with E-state index < -0.39 is 6.03 Å². The van der Waals surface area contributed by atoms with Crippen LogP contribution in [-0.4, -0.2) is 47.1 Å². The van der Waals surface area contributed by atoms with Gasteiger partial charge in [0.2, 0.25) is 5.91 Å². The van der Waals surface area contributed by atoms with Crippen molar-refractivity contribution in [2.24, 2.45) is 0 Å². The van der Waals surface area contributed by atoms with Crippen LogP contribution in [0.25, 0.3) is 0 Å². The smallest absolute Gasteiger partial charge is 0.325 e. The molecule has 9 heteroatoms. The first-order valence-electron chi connectivity index (χ1n) is 8.60. The standard InChI is InChI=1S/C18H21ClN4O3S/c1-11-8-23(9-12(2)26-11)16(24)7-15-10-27-18(21-15)22-17(25)20-14-5-3-13(19)4-6-14/h3-6,10-12H,7-9H2,1-2H3,(H2,20,21,22,25). The van der Waals surface area contributed by atoms with E-state index in [1.165, 1.54) is 11.3 Å². The van der Waals surface area contributed by atoms with Gasteiger partial charge in [-0.1, -0.05) is 11.6 Å². The molecule has 2 N–H and O–H groups in total. The molecule has 7 nitrogen and oxygen atoms in total. The molecule has 0 bridgehead atoms. The molecule has 0 radical (unpaired) electrons. The molecule has 144 valence electrons. The third kappa shape index (κ3) is 5.66. The Morgan fingerprint density at radius 3 is 2.56 bits per heavy atom. The zero-order chi connectivity index (χ0) is 19.4. The summed E-state index contributed by atoms with van der Waals surface area (Å²) in [5.74, 6) is 0.0134. The molecule has 1 saturated heterocycles. The van der Waals surface area contributed by atoms with Crippen LogP contribution in [0, 0.1) is 0 Å². The van der Waals surface area contributed by atoms with Crippen molar-refractivity contribution in [3.63, 3.8) is 0 Å². The summed E-state index contributed by atoms with van der Waals surface area (Å²) >= 11 is 7.10. The summed E-state index contributed by atoms with van der Waals surface area (Å²) in [6.07, 6.45) is 0.264. The zero-order valence-electron chi connectivity index (χ0n) is 15.1. The van der Waals surface area contributed by atoms with Gasteiger partial charge in [-0.2, -0.15) is 0 Å². The largest absolute Gasteiger partial charge is 0.372 e. The van der Waals surface area contributed by atoms with Crippen molar-refractivity contribution in [2.75, 3.05) is 23.7 Å². The maximum Gasteiger partial charge on any atom is 0.325 e. The highest BCUT2D eigenvalue weighted by molar-refractivity contribution is 7.14. The lowest BCUT2D eigenvalue weighted by molar-refractivity contribution is -0.142. The second-order valence-electron chi connectivity index (χ2n) is 6.46. The maximum absolute atomic E-state index is 12.5. The Morgan fingerprint density at radius 1 is 1.22 bits per heavy atom. The maximum atomic E-state index is 12.5. The highest BCUT2D eigenvalue weighted by Crippen LogP contribution is 2.19. The van der Waals surface area contributed by atoms with Crippen molar-refractivity contribution in [2.45, 2.75) is 32.5 Å². The van der Waals surface area contributed by atoms with Gasteiger partial charge >= 0.3 is 6.03 Å². The summed E-state index contributed by atoms with van der Waals surface area (Å²) in [5, 5.41) is 8.19. The molecule has 1 aromatic carbocycles. The number of hydrogen-bond acceptors (Lipinski definition) is 5. The third-order valence-corrected chi connectivity index (χ3v) is 5.04. The number of ether oxygens (including phenoxy) is 1. The molecule has 0 aliphatic carbocycles. The Balaban J connectivity index is 1.52. The fourth-order valence-electron chi connectivity index (χ4n) is 2.89. The van der Waals surface area contributed by atoms with Gasteiger partial charge in [0, 0.05) is 29.2 Å². The molecule has 1 aromatic heterocycles. The molecule has 2 heterocycles. The average Bonchev–Trinajstić information content (AvgIpc) is 3.02. The number of thiazole rings is 1. The van der Waals surface area contributed by atoms with Crippen molar-refractivity contribution < 1.29 is 14.3 Å². The molecule has 1 fully saturated rings. The van der Waals surface area contributed by atoms with Crippen molar-refractivity contribution in [3.05, 3.63) is 40.4 Å². The average molecular weight is 409 g/mol. The Hall–Kier alpha value is -2.16. The van der Waals surface area contributed by atoms with Gasteiger partial charge in [0.25, 0.3) is 0 Å². The second-order valence-corrected chi connectivity index (χ2v) is 7.76. The van der Waals surface area contributed by atoms with E-state index in [1.54, 1.807) is 34.5 Å². The predicted molar refractivity (Wildman–Crippen MR) is 107 cm³/mol. The molecule has 2 atom stereocenters. The number of rotatable bonds is 4. The van der Waals surface area contributed by atoms with Gasteiger partial charge in [-0.05, 0) is 38.1 Å². The SMILES string of the molecule is CC1CN(C(=O)Cc2csc(NC(=O)Nc3ccc(Cl)cc3)n2)CC(C)O1. The number of carbonyl (C=O) groups excluding carboxylic acids is 2. The molecule has 0 saturated carbocycles. The molecular weight excluding hydrogens is 388 g/mol. The number of urea groups is 1. The van der Waals surface area contributed by atoms with Crippen LogP contribution in [0.2, 0.25) is 5.02 Å². The van der Waals surface area contributed by atoms with Gasteiger partial charge in [0.1, 0.15) is 0 Å². The van der Waals surface area contributed by atoms with Crippen LogP contribution in [0.1, 0.15) is 19.5 Å². The first kappa shape index (κ1) is 19.6. The number of nitrogens with zero attached hydrogens (tertiary/aromatic N) is 2. The molecule has 2 unspecified atom stereocenters. The van der Waals surface area contributed by atoms with Crippen LogP contribution in [-0.2, 0) is 16.0 Å². The van der Waals surface area contributed by atoms with Gasteiger partial charge in [-0.25, -0.2) is 9.78 Å². The van der Waals surface area contributed by atoms with Crippen LogP contribution >= 0.6 is 22.9 Å². The fraction of sp³-hybridized carbons (Fsp3) is 0.389. The first-order valence-corrected chi connectivity index (χ1v) is 9.86. The van der Waals surface area contributed by atoms with Crippen molar-refractivity contribution >= 4 is 45.7 Å². The second kappa shape index (κ2) is 8.69. The highest BCUT2D eigenvalue weighted by Gasteiger charge is 2.26. The number of aromatic nitrogens is 1. The molecule has 1 aliphatic heterocycles. The van der Waals surface area contributed by atoms with Crippen molar-refractivity contribution in [1.82, 2.24) is 9.88 Å². The summed E-state index contributed by atoms with van der Waals surface area (Å²) in [4.78, 5) is 30.7. The van der Waals surface area contributed by atoms with Gasteiger partial charge in [-0.15, -0.1) is 11.3 Å². The normalized spacial score (nSPS) is 19.6. The summed E-state index contributed by atoms with van der Waals surface area (Å²) in [7, 11) is 0. The summed E-state index contributed by atoms with van der Waals surface area (Å²) in [6.45, 7) is 5.09. The quantitative estimate of drug-likeness (QED) is 0.809. The van der Waals surface area contributed by atoms with Gasteiger partial charge in [0.15, 0.2) is 5.13 Å². The van der Waals surface area contributed by atoms with E-state index in [2.05, 4.69) is 15.6 Å². The summed E-state index contributed by atoms with van der Waals surface area (Å²) in [5.41, 5.74) is 1.26. The summed E-state index contributed by atoms with van der Waals surface area (Å²) < 4.78 is 5.65. The minimum atomic E-state index is -0.402. The topological polar surface area (TPSA) is 83.6 Å². The Labute approximate surface area is 166 Å². The lowest BCUT2D eigenvalue weighted by atomic mass is 10.2. The van der Waals surface area contributed by atoms with Crippen LogP contribution in [0.5, 0.6) is 0 Å².